The minimum atomic E-state index is -0.704. The number of hydrogen-bond acceptors (Lipinski definition) is 3. The third-order valence-corrected chi connectivity index (χ3v) is 2.53. The largest absolute Gasteiger partial charge is 0.319 e. The van der Waals surface area contributed by atoms with Crippen molar-refractivity contribution in [1.29, 1.82) is 0 Å². The molecule has 0 radical (unpaired) electrons. The highest BCUT2D eigenvalue weighted by Gasteiger charge is 2.26. The molecule has 0 saturated carbocycles. The fourth-order valence-electron chi connectivity index (χ4n) is 1.61. The Bertz CT molecular complexity index is 341. The van der Waals surface area contributed by atoms with Crippen LogP contribution in [0.4, 0.5) is 0 Å². The molecule has 15 heavy (non-hydrogen) atoms. The van der Waals surface area contributed by atoms with Crippen molar-refractivity contribution in [2.24, 2.45) is 12.8 Å². The third kappa shape index (κ3) is 3.16. The minimum absolute atomic E-state index is 0.0809. The van der Waals surface area contributed by atoms with Gasteiger partial charge in [0.15, 0.2) is 5.78 Å². The molecule has 1 aromatic heterocycles. The van der Waals surface area contributed by atoms with Crippen LogP contribution in [0.25, 0.3) is 0 Å². The van der Waals surface area contributed by atoms with Crippen LogP contribution in [0.15, 0.2) is 12.4 Å². The lowest BCUT2D eigenvalue weighted by molar-refractivity contribution is -0.123. The number of carbonyl (C=O) groups excluding carboxylic acids is 1. The van der Waals surface area contributed by atoms with Gasteiger partial charge in [0.2, 0.25) is 0 Å². The van der Waals surface area contributed by atoms with Gasteiger partial charge in [-0.05, 0) is 18.9 Å². The standard InChI is InChI=1S/C11H19N3O/c1-4-5-11(2,12)10(15)6-9-7-13-14(3)8-9/h7-8H,4-6,12H2,1-3H3. The Labute approximate surface area is 90.5 Å². The van der Waals surface area contributed by atoms with Crippen molar-refractivity contribution < 1.29 is 4.79 Å². The van der Waals surface area contributed by atoms with Gasteiger partial charge in [0.1, 0.15) is 0 Å². The molecule has 0 fully saturated rings. The van der Waals surface area contributed by atoms with E-state index in [1.807, 2.05) is 20.2 Å². The number of Topliss-reactive ketones (excluding diaryl/α,β-unsaturated/α-hetero) is 1. The van der Waals surface area contributed by atoms with Crippen molar-refractivity contribution in [1.82, 2.24) is 9.78 Å². The van der Waals surface area contributed by atoms with Crippen LogP contribution in [0.2, 0.25) is 0 Å². The maximum atomic E-state index is 11.9. The molecular weight excluding hydrogens is 190 g/mol. The smallest absolute Gasteiger partial charge is 0.156 e. The van der Waals surface area contributed by atoms with Crippen LogP contribution in [0.3, 0.4) is 0 Å². The number of carbonyl (C=O) groups is 1. The Morgan fingerprint density at radius 2 is 2.33 bits per heavy atom. The molecule has 1 unspecified atom stereocenters. The molecule has 0 aliphatic rings. The normalized spacial score (nSPS) is 14.9. The van der Waals surface area contributed by atoms with Gasteiger partial charge < -0.3 is 5.73 Å². The van der Waals surface area contributed by atoms with Gasteiger partial charge >= 0.3 is 0 Å². The Balaban J connectivity index is 2.63. The van der Waals surface area contributed by atoms with Gasteiger partial charge in [-0.3, -0.25) is 9.48 Å². The molecule has 0 amide bonds. The lowest BCUT2D eigenvalue weighted by Gasteiger charge is -2.21. The Morgan fingerprint density at radius 3 is 2.80 bits per heavy atom. The molecule has 0 aliphatic heterocycles. The third-order valence-electron chi connectivity index (χ3n) is 2.53. The van der Waals surface area contributed by atoms with Gasteiger partial charge in [-0.2, -0.15) is 5.10 Å². The van der Waals surface area contributed by atoms with Crippen molar-refractivity contribution in [3.8, 4) is 0 Å². The molecule has 0 spiro atoms. The summed E-state index contributed by atoms with van der Waals surface area (Å²) in [6, 6.07) is 0. The maximum Gasteiger partial charge on any atom is 0.156 e. The summed E-state index contributed by atoms with van der Waals surface area (Å²) in [5.74, 6) is 0.0809. The fourth-order valence-corrected chi connectivity index (χ4v) is 1.61. The molecule has 1 aromatic rings. The second kappa shape index (κ2) is 4.57. The lowest BCUT2D eigenvalue weighted by atomic mass is 9.89. The van der Waals surface area contributed by atoms with Crippen molar-refractivity contribution in [2.75, 3.05) is 0 Å². The maximum absolute atomic E-state index is 11.9. The zero-order valence-electron chi connectivity index (χ0n) is 9.66. The first-order valence-corrected chi connectivity index (χ1v) is 5.25. The molecule has 84 valence electrons. The number of hydrogen-bond donors (Lipinski definition) is 1. The zero-order chi connectivity index (χ0) is 11.5. The molecule has 0 aliphatic carbocycles. The highest BCUT2D eigenvalue weighted by molar-refractivity contribution is 5.89. The van der Waals surface area contributed by atoms with E-state index in [0.717, 1.165) is 18.4 Å². The molecule has 0 aromatic carbocycles. The summed E-state index contributed by atoms with van der Waals surface area (Å²) in [5.41, 5.74) is 6.17. The van der Waals surface area contributed by atoms with Crippen molar-refractivity contribution in [3.05, 3.63) is 18.0 Å². The highest BCUT2D eigenvalue weighted by Crippen LogP contribution is 2.13. The van der Waals surface area contributed by atoms with E-state index >= 15 is 0 Å². The van der Waals surface area contributed by atoms with Crippen molar-refractivity contribution in [3.63, 3.8) is 0 Å². The summed E-state index contributed by atoms with van der Waals surface area (Å²) >= 11 is 0. The highest BCUT2D eigenvalue weighted by atomic mass is 16.1. The van der Waals surface area contributed by atoms with Gasteiger partial charge in [0, 0.05) is 19.7 Å². The summed E-state index contributed by atoms with van der Waals surface area (Å²) in [4.78, 5) is 11.9. The first-order valence-electron chi connectivity index (χ1n) is 5.25. The topological polar surface area (TPSA) is 60.9 Å². The molecule has 2 N–H and O–H groups in total. The molecular formula is C11H19N3O. The van der Waals surface area contributed by atoms with Crippen LogP contribution in [0.5, 0.6) is 0 Å². The minimum Gasteiger partial charge on any atom is -0.319 e. The number of aromatic nitrogens is 2. The van der Waals surface area contributed by atoms with Crippen molar-refractivity contribution >= 4 is 5.78 Å². The van der Waals surface area contributed by atoms with E-state index < -0.39 is 5.54 Å². The Morgan fingerprint density at radius 1 is 1.67 bits per heavy atom. The van der Waals surface area contributed by atoms with Crippen LogP contribution in [0, 0.1) is 0 Å². The predicted molar refractivity (Wildman–Crippen MR) is 59.4 cm³/mol. The van der Waals surface area contributed by atoms with E-state index in [2.05, 4.69) is 5.10 Å². The van der Waals surface area contributed by atoms with E-state index in [1.165, 1.54) is 0 Å². The molecule has 1 heterocycles. The van der Waals surface area contributed by atoms with Crippen LogP contribution < -0.4 is 5.73 Å². The summed E-state index contributed by atoms with van der Waals surface area (Å²) < 4.78 is 1.69. The van der Waals surface area contributed by atoms with Crippen LogP contribution in [-0.4, -0.2) is 21.1 Å². The van der Waals surface area contributed by atoms with E-state index in [1.54, 1.807) is 17.8 Å². The predicted octanol–water partition coefficient (Wildman–Crippen LogP) is 1.05. The summed E-state index contributed by atoms with van der Waals surface area (Å²) in [7, 11) is 1.83. The van der Waals surface area contributed by atoms with Gasteiger partial charge in [-0.25, -0.2) is 0 Å². The van der Waals surface area contributed by atoms with Gasteiger partial charge in [0.25, 0.3) is 0 Å². The number of nitrogens with two attached hydrogens (primary N) is 1. The second-order valence-electron chi connectivity index (χ2n) is 4.29. The van der Waals surface area contributed by atoms with E-state index in [4.69, 9.17) is 5.73 Å². The molecule has 4 heteroatoms. The number of ketones is 1. The summed E-state index contributed by atoms with van der Waals surface area (Å²) in [6.45, 7) is 3.83. The van der Waals surface area contributed by atoms with Gasteiger partial charge in [-0.15, -0.1) is 0 Å². The van der Waals surface area contributed by atoms with E-state index in [-0.39, 0.29) is 5.78 Å². The molecule has 1 rings (SSSR count). The summed E-state index contributed by atoms with van der Waals surface area (Å²) in [6.07, 6.45) is 5.58. The van der Waals surface area contributed by atoms with Gasteiger partial charge in [-0.1, -0.05) is 13.3 Å². The average molecular weight is 209 g/mol. The molecule has 4 nitrogen and oxygen atoms in total. The molecule has 0 saturated heterocycles. The number of aryl methyl sites for hydroxylation is 1. The first-order chi connectivity index (χ1) is 6.95. The van der Waals surface area contributed by atoms with Gasteiger partial charge in [0.05, 0.1) is 11.7 Å². The monoisotopic (exact) mass is 209 g/mol. The number of nitrogens with zero attached hydrogens (tertiary/aromatic N) is 2. The fraction of sp³-hybridized carbons (Fsp3) is 0.636. The van der Waals surface area contributed by atoms with Crippen LogP contribution in [0.1, 0.15) is 32.3 Å². The first kappa shape index (κ1) is 11.9. The zero-order valence-corrected chi connectivity index (χ0v) is 9.66. The quantitative estimate of drug-likeness (QED) is 0.788. The lowest BCUT2D eigenvalue weighted by Crippen LogP contribution is -2.45. The molecule has 1 atom stereocenters. The van der Waals surface area contributed by atoms with Crippen LogP contribution in [-0.2, 0) is 18.3 Å². The molecule has 0 bridgehead atoms. The number of rotatable bonds is 5. The second-order valence-corrected chi connectivity index (χ2v) is 4.29. The average Bonchev–Trinajstić information content (AvgIpc) is 2.51. The summed E-state index contributed by atoms with van der Waals surface area (Å²) in [5, 5.41) is 4.02. The Hall–Kier alpha value is -1.16. The van der Waals surface area contributed by atoms with E-state index in [9.17, 15) is 4.79 Å². The Kier molecular flexibility index (Phi) is 3.63. The van der Waals surface area contributed by atoms with Crippen molar-refractivity contribution in [2.45, 2.75) is 38.6 Å². The van der Waals surface area contributed by atoms with Crippen LogP contribution >= 0.6 is 0 Å². The SMILES string of the molecule is CCCC(C)(N)C(=O)Cc1cnn(C)c1. The van der Waals surface area contributed by atoms with E-state index in [0.29, 0.717) is 6.42 Å².